The van der Waals surface area contributed by atoms with Crippen LogP contribution in [0.4, 0.5) is 5.69 Å². The SMILES string of the molecule is CC(C(=O)Nc1ccc(C(=O)O)nc1)n1cccn1. The van der Waals surface area contributed by atoms with E-state index in [-0.39, 0.29) is 11.6 Å². The van der Waals surface area contributed by atoms with Crippen molar-refractivity contribution in [3.8, 4) is 0 Å². The molecule has 1 unspecified atom stereocenters. The predicted molar refractivity (Wildman–Crippen MR) is 66.8 cm³/mol. The standard InChI is InChI=1S/C12H12N4O3/c1-8(16-6-2-5-14-16)11(17)15-9-3-4-10(12(18)19)13-7-9/h2-8H,1H3,(H,15,17)(H,18,19). The van der Waals surface area contributed by atoms with Crippen LogP contribution in [0.1, 0.15) is 23.5 Å². The second-order valence-corrected chi connectivity index (χ2v) is 3.89. The molecule has 2 heterocycles. The molecule has 1 atom stereocenters. The van der Waals surface area contributed by atoms with Gasteiger partial charge in [-0.25, -0.2) is 9.78 Å². The Bertz CT molecular complexity index is 578. The number of aromatic carboxylic acids is 1. The van der Waals surface area contributed by atoms with E-state index >= 15 is 0 Å². The normalized spacial score (nSPS) is 11.8. The van der Waals surface area contributed by atoms with Crippen LogP contribution in [0.15, 0.2) is 36.8 Å². The molecule has 0 saturated heterocycles. The summed E-state index contributed by atoms with van der Waals surface area (Å²) in [7, 11) is 0. The molecule has 0 saturated carbocycles. The highest BCUT2D eigenvalue weighted by Gasteiger charge is 2.15. The fourth-order valence-electron chi connectivity index (χ4n) is 1.47. The average Bonchev–Trinajstić information content (AvgIpc) is 2.92. The minimum Gasteiger partial charge on any atom is -0.477 e. The largest absolute Gasteiger partial charge is 0.477 e. The Hall–Kier alpha value is -2.70. The van der Waals surface area contributed by atoms with E-state index < -0.39 is 12.0 Å². The molecule has 7 nitrogen and oxygen atoms in total. The number of hydrogen-bond donors (Lipinski definition) is 2. The molecule has 2 N–H and O–H groups in total. The van der Waals surface area contributed by atoms with Gasteiger partial charge in [-0.1, -0.05) is 0 Å². The molecular formula is C12H12N4O3. The van der Waals surface area contributed by atoms with Crippen LogP contribution in [0.5, 0.6) is 0 Å². The van der Waals surface area contributed by atoms with E-state index in [2.05, 4.69) is 15.4 Å². The molecule has 0 spiro atoms. The van der Waals surface area contributed by atoms with Gasteiger partial charge in [0.2, 0.25) is 5.91 Å². The van der Waals surface area contributed by atoms with Crippen LogP contribution in [0.25, 0.3) is 0 Å². The summed E-state index contributed by atoms with van der Waals surface area (Å²) in [6.07, 6.45) is 4.58. The Morgan fingerprint density at radius 1 is 1.42 bits per heavy atom. The smallest absolute Gasteiger partial charge is 0.354 e. The van der Waals surface area contributed by atoms with Gasteiger partial charge >= 0.3 is 5.97 Å². The van der Waals surface area contributed by atoms with Crippen LogP contribution in [-0.4, -0.2) is 31.7 Å². The number of carbonyl (C=O) groups excluding carboxylic acids is 1. The Balaban J connectivity index is 2.04. The molecule has 0 radical (unpaired) electrons. The summed E-state index contributed by atoms with van der Waals surface area (Å²) in [5, 5.41) is 15.3. The molecule has 98 valence electrons. The maximum Gasteiger partial charge on any atom is 0.354 e. The third-order valence-corrected chi connectivity index (χ3v) is 2.55. The number of carboxylic acids is 1. The van der Waals surface area contributed by atoms with Crippen molar-refractivity contribution in [1.29, 1.82) is 0 Å². The number of amides is 1. The van der Waals surface area contributed by atoms with Gasteiger partial charge < -0.3 is 10.4 Å². The van der Waals surface area contributed by atoms with Crippen LogP contribution >= 0.6 is 0 Å². The molecule has 19 heavy (non-hydrogen) atoms. The van der Waals surface area contributed by atoms with E-state index in [1.807, 2.05) is 0 Å². The molecule has 7 heteroatoms. The van der Waals surface area contributed by atoms with Gasteiger partial charge in [0.15, 0.2) is 0 Å². The summed E-state index contributed by atoms with van der Waals surface area (Å²) in [6, 6.07) is 4.09. The lowest BCUT2D eigenvalue weighted by atomic mass is 10.3. The average molecular weight is 260 g/mol. The summed E-state index contributed by atoms with van der Waals surface area (Å²) in [5.74, 6) is -1.36. The molecule has 0 bridgehead atoms. The van der Waals surface area contributed by atoms with Crippen molar-refractivity contribution in [1.82, 2.24) is 14.8 Å². The zero-order valence-electron chi connectivity index (χ0n) is 10.1. The number of pyridine rings is 1. The van der Waals surface area contributed by atoms with Gasteiger partial charge in [0.1, 0.15) is 11.7 Å². The van der Waals surface area contributed by atoms with Gasteiger partial charge in [-0.2, -0.15) is 5.10 Å². The number of nitrogens with one attached hydrogen (secondary N) is 1. The third-order valence-electron chi connectivity index (χ3n) is 2.55. The Labute approximate surface area is 108 Å². The van der Waals surface area contributed by atoms with Crippen molar-refractivity contribution in [3.05, 3.63) is 42.5 Å². The lowest BCUT2D eigenvalue weighted by Crippen LogP contribution is -2.24. The van der Waals surface area contributed by atoms with Crippen molar-refractivity contribution in [2.45, 2.75) is 13.0 Å². The maximum atomic E-state index is 11.9. The van der Waals surface area contributed by atoms with E-state index in [0.717, 1.165) is 0 Å². The van der Waals surface area contributed by atoms with Gasteiger partial charge in [-0.15, -0.1) is 0 Å². The number of carbonyl (C=O) groups is 2. The van der Waals surface area contributed by atoms with Crippen molar-refractivity contribution < 1.29 is 14.7 Å². The quantitative estimate of drug-likeness (QED) is 0.860. The summed E-state index contributed by atoms with van der Waals surface area (Å²) < 4.78 is 1.52. The Morgan fingerprint density at radius 3 is 2.74 bits per heavy atom. The molecule has 0 aliphatic carbocycles. The molecule has 0 aliphatic heterocycles. The van der Waals surface area contributed by atoms with Crippen LogP contribution in [0, 0.1) is 0 Å². The van der Waals surface area contributed by atoms with Crippen molar-refractivity contribution in [2.75, 3.05) is 5.32 Å². The molecular weight excluding hydrogens is 248 g/mol. The third kappa shape index (κ3) is 2.95. The number of carboxylic acid groups (broad SMARTS) is 1. The Kier molecular flexibility index (Phi) is 3.56. The minimum atomic E-state index is -1.11. The molecule has 2 rings (SSSR count). The summed E-state index contributed by atoms with van der Waals surface area (Å²) in [4.78, 5) is 26.3. The predicted octanol–water partition coefficient (Wildman–Crippen LogP) is 1.18. The van der Waals surface area contributed by atoms with Crippen LogP contribution < -0.4 is 5.32 Å². The molecule has 2 aromatic rings. The number of nitrogens with zero attached hydrogens (tertiary/aromatic N) is 3. The van der Waals surface area contributed by atoms with Gasteiger partial charge in [0, 0.05) is 12.4 Å². The first kappa shape index (κ1) is 12.7. The zero-order valence-corrected chi connectivity index (χ0v) is 10.1. The summed E-state index contributed by atoms with van der Waals surface area (Å²) in [5.41, 5.74) is 0.368. The molecule has 0 fully saturated rings. The van der Waals surface area contributed by atoms with Crippen molar-refractivity contribution in [3.63, 3.8) is 0 Å². The van der Waals surface area contributed by atoms with Crippen molar-refractivity contribution in [2.24, 2.45) is 0 Å². The van der Waals surface area contributed by atoms with Crippen LogP contribution in [0.3, 0.4) is 0 Å². The number of anilines is 1. The fourth-order valence-corrected chi connectivity index (χ4v) is 1.47. The second-order valence-electron chi connectivity index (χ2n) is 3.89. The fraction of sp³-hybridized carbons (Fsp3) is 0.167. The number of rotatable bonds is 4. The monoisotopic (exact) mass is 260 g/mol. The van der Waals surface area contributed by atoms with E-state index in [9.17, 15) is 9.59 Å². The highest BCUT2D eigenvalue weighted by atomic mass is 16.4. The molecule has 1 amide bonds. The highest BCUT2D eigenvalue weighted by molar-refractivity contribution is 5.93. The molecule has 0 aliphatic rings. The topological polar surface area (TPSA) is 97.1 Å². The maximum absolute atomic E-state index is 11.9. The van der Waals surface area contributed by atoms with E-state index in [1.165, 1.54) is 23.0 Å². The zero-order chi connectivity index (χ0) is 13.8. The first-order valence-corrected chi connectivity index (χ1v) is 5.57. The van der Waals surface area contributed by atoms with Gasteiger partial charge in [0.05, 0.1) is 11.9 Å². The highest BCUT2D eigenvalue weighted by Crippen LogP contribution is 2.10. The molecule has 2 aromatic heterocycles. The first-order valence-electron chi connectivity index (χ1n) is 5.57. The lowest BCUT2D eigenvalue weighted by molar-refractivity contribution is -0.119. The second kappa shape index (κ2) is 5.30. The van der Waals surface area contributed by atoms with E-state index in [0.29, 0.717) is 5.69 Å². The van der Waals surface area contributed by atoms with Crippen LogP contribution in [0.2, 0.25) is 0 Å². The van der Waals surface area contributed by atoms with Gasteiger partial charge in [-0.05, 0) is 25.1 Å². The molecule has 0 aromatic carbocycles. The summed E-state index contributed by atoms with van der Waals surface area (Å²) >= 11 is 0. The van der Waals surface area contributed by atoms with Crippen molar-refractivity contribution >= 4 is 17.6 Å². The van der Waals surface area contributed by atoms with E-state index in [4.69, 9.17) is 5.11 Å². The minimum absolute atomic E-state index is 0.0712. The number of hydrogen-bond acceptors (Lipinski definition) is 4. The van der Waals surface area contributed by atoms with Gasteiger partial charge in [0.25, 0.3) is 0 Å². The van der Waals surface area contributed by atoms with Gasteiger partial charge in [-0.3, -0.25) is 9.48 Å². The number of aromatic nitrogens is 3. The van der Waals surface area contributed by atoms with E-state index in [1.54, 1.807) is 25.4 Å². The summed E-state index contributed by atoms with van der Waals surface area (Å²) in [6.45, 7) is 1.71. The first-order chi connectivity index (χ1) is 9.08. The Morgan fingerprint density at radius 2 is 2.21 bits per heavy atom. The lowest BCUT2D eigenvalue weighted by Gasteiger charge is -2.12. The van der Waals surface area contributed by atoms with Crippen LogP contribution in [-0.2, 0) is 4.79 Å².